The van der Waals surface area contributed by atoms with E-state index in [2.05, 4.69) is 14.9 Å². The number of rotatable bonds is 7. The smallest absolute Gasteiger partial charge is 0.324 e. The number of nitrogens with zero attached hydrogens (tertiary/aromatic N) is 4. The Bertz CT molecular complexity index is 1560. The molecule has 0 spiro atoms. The summed E-state index contributed by atoms with van der Waals surface area (Å²) in [5.41, 5.74) is 0.291. The van der Waals surface area contributed by atoms with Gasteiger partial charge in [0.25, 0.3) is 5.56 Å². The van der Waals surface area contributed by atoms with Crippen molar-refractivity contribution < 1.29 is 22.3 Å². The molecule has 10 nitrogen and oxygen atoms in total. The molecule has 2 aromatic carbocycles. The minimum atomic E-state index is -4.32. The Kier molecular flexibility index (Phi) is 6.19. The molecular weight excluding hydrogens is 465 g/mol. The predicted octanol–water partition coefficient (Wildman–Crippen LogP) is 1.77. The van der Waals surface area contributed by atoms with Gasteiger partial charge in [0.15, 0.2) is 12.4 Å². The van der Waals surface area contributed by atoms with Gasteiger partial charge in [-0.1, -0.05) is 38.1 Å². The van der Waals surface area contributed by atoms with Gasteiger partial charge in [0, 0.05) is 7.05 Å². The zero-order valence-electron chi connectivity index (χ0n) is 18.6. The molecule has 0 bridgehead atoms. The lowest BCUT2D eigenvalue weighted by molar-refractivity contribution is -0.148. The van der Waals surface area contributed by atoms with E-state index in [0.29, 0.717) is 10.9 Å². The zero-order valence-corrected chi connectivity index (χ0v) is 19.4. The Morgan fingerprint density at radius 2 is 1.79 bits per heavy atom. The van der Waals surface area contributed by atoms with Crippen molar-refractivity contribution in [3.05, 3.63) is 70.5 Å². The molecule has 12 heteroatoms. The molecule has 34 heavy (non-hydrogen) atoms. The van der Waals surface area contributed by atoms with E-state index in [9.17, 15) is 22.4 Å². The van der Waals surface area contributed by atoms with Gasteiger partial charge in [-0.3, -0.25) is 18.6 Å². The number of halogens is 1. The molecule has 0 aliphatic carbocycles. The van der Waals surface area contributed by atoms with E-state index in [1.54, 1.807) is 49.6 Å². The number of carbonyl (C=O) groups excluding carboxylic acids is 1. The van der Waals surface area contributed by atoms with Crippen LogP contribution in [0.3, 0.4) is 0 Å². The van der Waals surface area contributed by atoms with Crippen molar-refractivity contribution in [2.45, 2.75) is 31.4 Å². The molecule has 0 radical (unpaired) electrons. The van der Waals surface area contributed by atoms with E-state index < -0.39 is 38.7 Å². The number of esters is 1. The molecule has 0 unspecified atom stereocenters. The maximum absolute atomic E-state index is 14.0. The van der Waals surface area contributed by atoms with Gasteiger partial charge in [0.2, 0.25) is 15.8 Å². The summed E-state index contributed by atoms with van der Waals surface area (Å²) in [7, 11) is -2.77. The predicted molar refractivity (Wildman–Crippen MR) is 121 cm³/mol. The van der Waals surface area contributed by atoms with E-state index in [0.717, 1.165) is 12.1 Å². The number of sulfonamides is 1. The standard InChI is InChI=1S/C22H22FN5O5S/c1-13(2)19(26-34(31,32)17-11-7-5-9-15(17)23)21(30)33-12-18-24-25-22-27(3)20(29)14-8-4-6-10-16(14)28(18)22/h4-11,13,19,26H,12H2,1-3H3/t19-/m0/s1. The summed E-state index contributed by atoms with van der Waals surface area (Å²) in [5.74, 6) is -1.78. The zero-order chi connectivity index (χ0) is 24.6. The molecule has 0 saturated heterocycles. The Morgan fingerprint density at radius 1 is 1.12 bits per heavy atom. The minimum Gasteiger partial charge on any atom is -0.456 e. The summed E-state index contributed by atoms with van der Waals surface area (Å²) in [6.45, 7) is 2.93. The number of hydrogen-bond acceptors (Lipinski definition) is 7. The normalized spacial score (nSPS) is 13.0. The number of aryl methyl sites for hydroxylation is 1. The second kappa shape index (κ2) is 8.95. The lowest BCUT2D eigenvalue weighted by Gasteiger charge is -2.20. The van der Waals surface area contributed by atoms with Crippen LogP contribution in [-0.2, 0) is 33.2 Å². The first-order chi connectivity index (χ1) is 16.1. The fraction of sp³-hybridized carbons (Fsp3) is 0.273. The maximum atomic E-state index is 14.0. The summed E-state index contributed by atoms with van der Waals surface area (Å²) in [4.78, 5) is 24.8. The van der Waals surface area contributed by atoms with Crippen molar-refractivity contribution in [1.82, 2.24) is 23.9 Å². The molecule has 0 fully saturated rings. The fourth-order valence-electron chi connectivity index (χ4n) is 3.56. The highest BCUT2D eigenvalue weighted by Crippen LogP contribution is 2.18. The number of hydrogen-bond donors (Lipinski definition) is 1. The van der Waals surface area contributed by atoms with Crippen LogP contribution in [0.15, 0.2) is 58.2 Å². The van der Waals surface area contributed by atoms with Crippen LogP contribution in [-0.4, -0.2) is 39.6 Å². The number of nitrogens with one attached hydrogen (secondary N) is 1. The third-order valence-electron chi connectivity index (χ3n) is 5.37. The maximum Gasteiger partial charge on any atom is 0.324 e. The Hall–Kier alpha value is -3.64. The van der Waals surface area contributed by atoms with E-state index in [1.165, 1.54) is 16.7 Å². The first-order valence-electron chi connectivity index (χ1n) is 10.4. The van der Waals surface area contributed by atoms with Crippen LogP contribution in [0.2, 0.25) is 0 Å². The van der Waals surface area contributed by atoms with E-state index in [1.807, 2.05) is 0 Å². The molecule has 4 rings (SSSR count). The second-order valence-corrected chi connectivity index (χ2v) is 9.70. The van der Waals surface area contributed by atoms with Gasteiger partial charge < -0.3 is 4.74 Å². The van der Waals surface area contributed by atoms with E-state index in [-0.39, 0.29) is 23.8 Å². The highest BCUT2D eigenvalue weighted by atomic mass is 32.2. The van der Waals surface area contributed by atoms with Crippen LogP contribution in [0.4, 0.5) is 4.39 Å². The molecule has 178 valence electrons. The number of ether oxygens (including phenoxy) is 1. The van der Waals surface area contributed by atoms with Crippen molar-refractivity contribution >= 4 is 32.7 Å². The quantitative estimate of drug-likeness (QED) is 0.394. The summed E-state index contributed by atoms with van der Waals surface area (Å²) in [6, 6.07) is 10.5. The third-order valence-corrected chi connectivity index (χ3v) is 6.84. The molecule has 2 heterocycles. The fourth-order valence-corrected chi connectivity index (χ4v) is 4.97. The van der Waals surface area contributed by atoms with Crippen LogP contribution < -0.4 is 10.3 Å². The Balaban J connectivity index is 1.61. The average Bonchev–Trinajstić information content (AvgIpc) is 3.24. The van der Waals surface area contributed by atoms with Crippen LogP contribution in [0.1, 0.15) is 19.7 Å². The lowest BCUT2D eigenvalue weighted by Crippen LogP contribution is -2.45. The third kappa shape index (κ3) is 4.17. The van der Waals surface area contributed by atoms with Crippen LogP contribution >= 0.6 is 0 Å². The highest BCUT2D eigenvalue weighted by Gasteiger charge is 2.31. The van der Waals surface area contributed by atoms with Crippen LogP contribution in [0.25, 0.3) is 16.7 Å². The number of carbonyl (C=O) groups is 1. The van der Waals surface area contributed by atoms with Crippen molar-refractivity contribution in [3.63, 3.8) is 0 Å². The van der Waals surface area contributed by atoms with Gasteiger partial charge >= 0.3 is 5.97 Å². The first kappa shape index (κ1) is 23.5. The van der Waals surface area contributed by atoms with Gasteiger partial charge in [-0.2, -0.15) is 4.72 Å². The molecule has 4 aromatic rings. The molecule has 0 aliphatic heterocycles. The topological polar surface area (TPSA) is 125 Å². The first-order valence-corrected chi connectivity index (χ1v) is 11.9. The van der Waals surface area contributed by atoms with Crippen molar-refractivity contribution in [1.29, 1.82) is 0 Å². The minimum absolute atomic E-state index is 0.245. The van der Waals surface area contributed by atoms with Gasteiger partial charge in [-0.05, 0) is 30.2 Å². The van der Waals surface area contributed by atoms with Crippen molar-refractivity contribution in [2.75, 3.05) is 0 Å². The number of fused-ring (bicyclic) bond motifs is 3. The highest BCUT2D eigenvalue weighted by molar-refractivity contribution is 7.89. The number of para-hydroxylation sites is 1. The molecular formula is C22H22FN5O5S. The van der Waals surface area contributed by atoms with Gasteiger partial charge in [-0.15, -0.1) is 10.2 Å². The Labute approximate surface area is 194 Å². The van der Waals surface area contributed by atoms with Gasteiger partial charge in [0.1, 0.15) is 16.8 Å². The molecule has 1 N–H and O–H groups in total. The average molecular weight is 488 g/mol. The molecule has 2 aromatic heterocycles. The summed E-state index contributed by atoms with van der Waals surface area (Å²) in [6.07, 6.45) is 0. The van der Waals surface area contributed by atoms with Crippen LogP contribution in [0, 0.1) is 11.7 Å². The molecule has 0 saturated carbocycles. The summed E-state index contributed by atoms with van der Waals surface area (Å²) in [5, 5.41) is 8.51. The lowest BCUT2D eigenvalue weighted by atomic mass is 10.1. The second-order valence-electron chi connectivity index (χ2n) is 8.01. The Morgan fingerprint density at radius 3 is 2.50 bits per heavy atom. The monoisotopic (exact) mass is 487 g/mol. The van der Waals surface area contributed by atoms with Crippen molar-refractivity contribution in [3.8, 4) is 0 Å². The number of aromatic nitrogens is 4. The van der Waals surface area contributed by atoms with Crippen molar-refractivity contribution in [2.24, 2.45) is 13.0 Å². The van der Waals surface area contributed by atoms with Gasteiger partial charge in [0.05, 0.1) is 10.9 Å². The summed E-state index contributed by atoms with van der Waals surface area (Å²) >= 11 is 0. The molecule has 0 aliphatic rings. The van der Waals surface area contributed by atoms with Gasteiger partial charge in [-0.25, -0.2) is 12.8 Å². The molecule has 0 amide bonds. The largest absolute Gasteiger partial charge is 0.456 e. The number of benzene rings is 2. The van der Waals surface area contributed by atoms with E-state index >= 15 is 0 Å². The van der Waals surface area contributed by atoms with Crippen LogP contribution in [0.5, 0.6) is 0 Å². The van der Waals surface area contributed by atoms with E-state index in [4.69, 9.17) is 4.74 Å². The molecule has 1 atom stereocenters. The summed E-state index contributed by atoms with van der Waals surface area (Å²) < 4.78 is 49.9. The SMILES string of the molecule is CC(C)[C@H](NS(=O)(=O)c1ccccc1F)C(=O)OCc1nnc2n(C)c(=O)c3ccccc3n12.